The number of rotatable bonds is 6. The van der Waals surface area contributed by atoms with Crippen molar-refractivity contribution in [1.29, 1.82) is 0 Å². The monoisotopic (exact) mass is 438 g/mol. The third kappa shape index (κ3) is 5.65. The molecule has 0 aliphatic carbocycles. The summed E-state index contributed by atoms with van der Waals surface area (Å²) in [6.45, 7) is 5.89. The lowest BCUT2D eigenvalue weighted by molar-refractivity contribution is 0.122. The topological polar surface area (TPSA) is 57.3 Å². The molecule has 0 bridgehead atoms. The Balaban J connectivity index is 1.22. The molecule has 2 aromatic rings. The van der Waals surface area contributed by atoms with Crippen LogP contribution in [0.15, 0.2) is 48.5 Å². The zero-order valence-corrected chi connectivity index (χ0v) is 19.1. The van der Waals surface area contributed by atoms with Crippen LogP contribution in [0.25, 0.3) is 0 Å². The van der Waals surface area contributed by atoms with Crippen molar-refractivity contribution in [3.8, 4) is 5.75 Å². The van der Waals surface area contributed by atoms with Crippen LogP contribution in [0.4, 0.5) is 16.2 Å². The van der Waals surface area contributed by atoms with E-state index >= 15 is 0 Å². The Bertz CT molecular complexity index is 858. The van der Waals surface area contributed by atoms with E-state index in [4.69, 9.17) is 9.47 Å². The minimum absolute atomic E-state index is 0.00912. The van der Waals surface area contributed by atoms with E-state index in [1.807, 2.05) is 19.2 Å². The van der Waals surface area contributed by atoms with Crippen LogP contribution < -0.4 is 19.9 Å². The molecule has 0 saturated carbocycles. The van der Waals surface area contributed by atoms with Gasteiger partial charge in [-0.25, -0.2) is 4.79 Å². The van der Waals surface area contributed by atoms with E-state index in [2.05, 4.69) is 51.5 Å². The molecule has 7 nitrogen and oxygen atoms in total. The first-order chi connectivity index (χ1) is 15.6. The van der Waals surface area contributed by atoms with Crippen molar-refractivity contribution in [3.05, 3.63) is 54.1 Å². The summed E-state index contributed by atoms with van der Waals surface area (Å²) in [6, 6.07) is 16.9. The highest BCUT2D eigenvalue weighted by molar-refractivity contribution is 5.74. The zero-order valence-electron chi connectivity index (χ0n) is 19.1. The van der Waals surface area contributed by atoms with Gasteiger partial charge in [-0.15, -0.1) is 0 Å². The van der Waals surface area contributed by atoms with Gasteiger partial charge in [-0.05, 0) is 54.8 Å². The Morgan fingerprint density at radius 2 is 1.53 bits per heavy atom. The van der Waals surface area contributed by atoms with Crippen LogP contribution in [0, 0.1) is 0 Å². The van der Waals surface area contributed by atoms with Crippen LogP contribution in [0.2, 0.25) is 0 Å². The lowest BCUT2D eigenvalue weighted by Crippen LogP contribution is -2.48. The van der Waals surface area contributed by atoms with Gasteiger partial charge in [0.15, 0.2) is 0 Å². The highest BCUT2D eigenvalue weighted by Gasteiger charge is 2.22. The van der Waals surface area contributed by atoms with Gasteiger partial charge >= 0.3 is 6.03 Å². The number of hydrogen-bond acceptors (Lipinski definition) is 5. The van der Waals surface area contributed by atoms with Crippen molar-refractivity contribution in [2.75, 3.05) is 63.4 Å². The molecule has 7 heteroatoms. The summed E-state index contributed by atoms with van der Waals surface area (Å²) in [5.41, 5.74) is 3.55. The fourth-order valence-electron chi connectivity index (χ4n) is 4.34. The molecule has 0 unspecified atom stereocenters. The number of anilines is 2. The number of nitrogens with one attached hydrogen (secondary N) is 1. The normalized spacial score (nSPS) is 17.2. The number of ether oxygens (including phenoxy) is 2. The van der Waals surface area contributed by atoms with Crippen LogP contribution in [-0.4, -0.2) is 70.5 Å². The van der Waals surface area contributed by atoms with E-state index < -0.39 is 0 Å². The molecule has 0 aromatic heterocycles. The zero-order chi connectivity index (χ0) is 22.3. The maximum Gasteiger partial charge on any atom is 0.317 e. The smallest absolute Gasteiger partial charge is 0.317 e. The fraction of sp³-hybridized carbons (Fsp3) is 0.480. The molecule has 2 aliphatic heterocycles. The molecule has 2 heterocycles. The Morgan fingerprint density at radius 3 is 2.12 bits per heavy atom. The molecule has 4 rings (SSSR count). The number of morpholine rings is 1. The van der Waals surface area contributed by atoms with Crippen LogP contribution >= 0.6 is 0 Å². The second kappa shape index (κ2) is 10.6. The number of nitrogens with zero attached hydrogens (tertiary/aromatic N) is 3. The first-order valence-electron chi connectivity index (χ1n) is 11.4. The van der Waals surface area contributed by atoms with Crippen LogP contribution in [0.5, 0.6) is 5.75 Å². The number of carbonyl (C=O) groups is 1. The van der Waals surface area contributed by atoms with Gasteiger partial charge in [0.25, 0.3) is 0 Å². The van der Waals surface area contributed by atoms with Gasteiger partial charge in [0.05, 0.1) is 20.3 Å². The Kier molecular flexibility index (Phi) is 7.37. The lowest BCUT2D eigenvalue weighted by atomic mass is 10.0. The molecule has 2 saturated heterocycles. The maximum atomic E-state index is 12.7. The predicted octanol–water partition coefficient (Wildman–Crippen LogP) is 3.34. The number of piperidine rings is 1. The van der Waals surface area contributed by atoms with Gasteiger partial charge in [0.1, 0.15) is 5.75 Å². The molecule has 0 atom stereocenters. The van der Waals surface area contributed by atoms with Crippen LogP contribution in [-0.2, 0) is 11.3 Å². The van der Waals surface area contributed by atoms with Crippen molar-refractivity contribution in [2.45, 2.75) is 25.4 Å². The third-order valence-electron chi connectivity index (χ3n) is 6.34. The van der Waals surface area contributed by atoms with E-state index in [-0.39, 0.29) is 12.1 Å². The van der Waals surface area contributed by atoms with Crippen molar-refractivity contribution < 1.29 is 14.3 Å². The second-order valence-electron chi connectivity index (χ2n) is 8.53. The number of benzene rings is 2. The molecule has 1 N–H and O–H groups in total. The maximum absolute atomic E-state index is 12.7. The van der Waals surface area contributed by atoms with Crippen LogP contribution in [0.3, 0.4) is 0 Å². The first kappa shape index (κ1) is 22.3. The predicted molar refractivity (Wildman–Crippen MR) is 128 cm³/mol. The summed E-state index contributed by atoms with van der Waals surface area (Å²) in [4.78, 5) is 19.2. The summed E-state index contributed by atoms with van der Waals surface area (Å²) in [5.74, 6) is 0.870. The van der Waals surface area contributed by atoms with Gasteiger partial charge in [-0.1, -0.05) is 12.1 Å². The van der Waals surface area contributed by atoms with E-state index in [0.717, 1.165) is 63.5 Å². The van der Waals surface area contributed by atoms with Crippen molar-refractivity contribution in [1.82, 2.24) is 10.2 Å². The highest BCUT2D eigenvalue weighted by Crippen LogP contribution is 2.23. The standard InChI is InChI=1S/C25H34N4O3/c1-27(19-20-3-5-22(6-4-20)29-15-17-32-18-16-29)25(30)26-21-11-13-28(14-12-21)23-7-9-24(31-2)10-8-23/h3-10,21H,11-19H2,1-2H3,(H,26,30). The van der Waals surface area contributed by atoms with E-state index in [9.17, 15) is 4.79 Å². The largest absolute Gasteiger partial charge is 0.497 e. The molecule has 2 aliphatic rings. The van der Waals surface area contributed by atoms with Gasteiger partial charge in [-0.2, -0.15) is 0 Å². The van der Waals surface area contributed by atoms with Crippen molar-refractivity contribution >= 4 is 17.4 Å². The second-order valence-corrected chi connectivity index (χ2v) is 8.53. The van der Waals surface area contributed by atoms with E-state index in [1.165, 1.54) is 11.4 Å². The third-order valence-corrected chi connectivity index (χ3v) is 6.34. The molecule has 2 aromatic carbocycles. The molecular weight excluding hydrogens is 404 g/mol. The van der Waals surface area contributed by atoms with E-state index in [1.54, 1.807) is 12.0 Å². The van der Waals surface area contributed by atoms with Gasteiger partial charge in [0, 0.05) is 57.2 Å². The molecule has 0 spiro atoms. The average Bonchev–Trinajstić information content (AvgIpc) is 2.85. The fourth-order valence-corrected chi connectivity index (χ4v) is 4.34. The molecular formula is C25H34N4O3. The minimum Gasteiger partial charge on any atom is -0.497 e. The number of methoxy groups -OCH3 is 1. The van der Waals surface area contributed by atoms with Gasteiger partial charge < -0.3 is 29.5 Å². The first-order valence-corrected chi connectivity index (χ1v) is 11.4. The lowest BCUT2D eigenvalue weighted by Gasteiger charge is -2.34. The number of carbonyl (C=O) groups excluding carboxylic acids is 1. The minimum atomic E-state index is -0.00912. The molecule has 2 fully saturated rings. The SMILES string of the molecule is COc1ccc(N2CCC(NC(=O)N(C)Cc3ccc(N4CCOCC4)cc3)CC2)cc1. The van der Waals surface area contributed by atoms with Crippen LogP contribution in [0.1, 0.15) is 18.4 Å². The molecule has 2 amide bonds. The summed E-state index contributed by atoms with van der Waals surface area (Å²) < 4.78 is 10.7. The molecule has 172 valence electrons. The summed E-state index contributed by atoms with van der Waals surface area (Å²) >= 11 is 0. The van der Waals surface area contributed by atoms with Gasteiger partial charge in [-0.3, -0.25) is 0 Å². The highest BCUT2D eigenvalue weighted by atomic mass is 16.5. The quantitative estimate of drug-likeness (QED) is 0.750. The Labute approximate surface area is 190 Å². The van der Waals surface area contributed by atoms with E-state index in [0.29, 0.717) is 6.54 Å². The average molecular weight is 439 g/mol. The molecule has 0 radical (unpaired) electrons. The van der Waals surface area contributed by atoms with Crippen molar-refractivity contribution in [2.24, 2.45) is 0 Å². The summed E-state index contributed by atoms with van der Waals surface area (Å²) in [6.07, 6.45) is 1.89. The summed E-state index contributed by atoms with van der Waals surface area (Å²) in [5, 5.41) is 3.21. The molecule has 32 heavy (non-hydrogen) atoms. The summed E-state index contributed by atoms with van der Waals surface area (Å²) in [7, 11) is 3.54. The number of hydrogen-bond donors (Lipinski definition) is 1. The van der Waals surface area contributed by atoms with Crippen molar-refractivity contribution in [3.63, 3.8) is 0 Å². The van der Waals surface area contributed by atoms with Gasteiger partial charge in [0.2, 0.25) is 0 Å². The number of amides is 2. The Morgan fingerprint density at radius 1 is 0.969 bits per heavy atom. The number of urea groups is 1. The Hall–Kier alpha value is -2.93.